The third kappa shape index (κ3) is 3.97. The fourth-order valence-corrected chi connectivity index (χ4v) is 3.93. The van der Waals surface area contributed by atoms with E-state index < -0.39 is 0 Å². The second-order valence-corrected chi connectivity index (χ2v) is 7.18. The third-order valence-electron chi connectivity index (χ3n) is 5.54. The maximum Gasteiger partial charge on any atom is 0.254 e. The summed E-state index contributed by atoms with van der Waals surface area (Å²) in [6, 6.07) is 7.71. The summed E-state index contributed by atoms with van der Waals surface area (Å²) in [6.45, 7) is 4.59. The van der Waals surface area contributed by atoms with Gasteiger partial charge in [-0.3, -0.25) is 9.59 Å². The van der Waals surface area contributed by atoms with Crippen molar-refractivity contribution in [2.24, 2.45) is 5.92 Å². The van der Waals surface area contributed by atoms with E-state index in [2.05, 4.69) is 0 Å². The second kappa shape index (κ2) is 7.82. The van der Waals surface area contributed by atoms with E-state index in [1.807, 2.05) is 41.0 Å². The Morgan fingerprint density at radius 1 is 1.00 bits per heavy atom. The molecule has 4 nitrogen and oxygen atoms in total. The molecule has 24 heavy (non-hydrogen) atoms. The molecule has 1 aliphatic heterocycles. The summed E-state index contributed by atoms with van der Waals surface area (Å²) in [7, 11) is 0. The van der Waals surface area contributed by atoms with Gasteiger partial charge >= 0.3 is 0 Å². The molecule has 1 aliphatic carbocycles. The molecule has 0 radical (unpaired) electrons. The average molecular weight is 328 g/mol. The molecular formula is C20H28N2O2. The lowest BCUT2D eigenvalue weighted by Gasteiger charge is -2.35. The van der Waals surface area contributed by atoms with Crippen LogP contribution in [0.5, 0.6) is 0 Å². The Hall–Kier alpha value is -1.84. The molecule has 0 spiro atoms. The summed E-state index contributed by atoms with van der Waals surface area (Å²) in [5.41, 5.74) is 1.79. The van der Waals surface area contributed by atoms with Gasteiger partial charge in [0.05, 0.1) is 0 Å². The van der Waals surface area contributed by atoms with Crippen LogP contribution in [0.1, 0.15) is 54.4 Å². The predicted molar refractivity (Wildman–Crippen MR) is 94.9 cm³/mol. The molecule has 0 atom stereocenters. The number of piperazine rings is 1. The lowest BCUT2D eigenvalue weighted by molar-refractivity contribution is -0.133. The van der Waals surface area contributed by atoms with Crippen LogP contribution in [0.25, 0.3) is 0 Å². The molecule has 1 aromatic carbocycles. The number of carbonyl (C=O) groups is 2. The fourth-order valence-electron chi connectivity index (χ4n) is 3.93. The van der Waals surface area contributed by atoms with Crippen LogP contribution in [0.4, 0.5) is 0 Å². The number of rotatable bonds is 4. The molecule has 4 heteroatoms. The fraction of sp³-hybridized carbons (Fsp3) is 0.600. The number of hydrogen-bond donors (Lipinski definition) is 0. The predicted octanol–water partition coefficient (Wildman–Crippen LogP) is 3.25. The highest BCUT2D eigenvalue weighted by Crippen LogP contribution is 2.28. The van der Waals surface area contributed by atoms with Gasteiger partial charge < -0.3 is 9.80 Å². The molecule has 0 aromatic heterocycles. The number of carbonyl (C=O) groups excluding carboxylic acids is 2. The maximum atomic E-state index is 12.6. The normalized spacial score (nSPS) is 18.9. The standard InChI is InChI=1S/C20H28N2O2/c1-16-6-2-5-9-18(16)20(24)22-14-12-21(13-15-22)19(23)11-10-17-7-3-4-8-17/h2,5-6,9,17H,3-4,7-8,10-15H2,1H3. The van der Waals surface area contributed by atoms with Gasteiger partial charge in [0.2, 0.25) is 5.91 Å². The first-order valence-corrected chi connectivity index (χ1v) is 9.28. The van der Waals surface area contributed by atoms with Crippen LogP contribution in [-0.2, 0) is 4.79 Å². The van der Waals surface area contributed by atoms with Crippen LogP contribution in [0.2, 0.25) is 0 Å². The maximum absolute atomic E-state index is 12.6. The van der Waals surface area contributed by atoms with Crippen molar-refractivity contribution in [3.63, 3.8) is 0 Å². The zero-order valence-electron chi connectivity index (χ0n) is 14.7. The molecule has 0 unspecified atom stereocenters. The van der Waals surface area contributed by atoms with Crippen molar-refractivity contribution >= 4 is 11.8 Å². The molecule has 1 saturated carbocycles. The Morgan fingerprint density at radius 3 is 2.29 bits per heavy atom. The van der Waals surface area contributed by atoms with Gasteiger partial charge in [-0.15, -0.1) is 0 Å². The SMILES string of the molecule is Cc1ccccc1C(=O)N1CCN(C(=O)CCC2CCCC2)CC1. The van der Waals surface area contributed by atoms with E-state index in [9.17, 15) is 9.59 Å². The first kappa shape index (κ1) is 17.0. The van der Waals surface area contributed by atoms with Crippen molar-refractivity contribution in [1.82, 2.24) is 9.80 Å². The van der Waals surface area contributed by atoms with E-state index >= 15 is 0 Å². The number of hydrogen-bond acceptors (Lipinski definition) is 2. The largest absolute Gasteiger partial charge is 0.339 e. The minimum Gasteiger partial charge on any atom is -0.339 e. The summed E-state index contributed by atoms with van der Waals surface area (Å²) in [5, 5.41) is 0. The van der Waals surface area contributed by atoms with Gasteiger partial charge in [0.1, 0.15) is 0 Å². The Kier molecular flexibility index (Phi) is 5.54. The van der Waals surface area contributed by atoms with Gasteiger partial charge in [-0.05, 0) is 30.9 Å². The second-order valence-electron chi connectivity index (χ2n) is 7.18. The van der Waals surface area contributed by atoms with Crippen molar-refractivity contribution in [3.8, 4) is 0 Å². The quantitative estimate of drug-likeness (QED) is 0.851. The molecule has 1 saturated heterocycles. The number of amides is 2. The van der Waals surface area contributed by atoms with Gasteiger partial charge in [0, 0.05) is 38.2 Å². The summed E-state index contributed by atoms with van der Waals surface area (Å²) >= 11 is 0. The Balaban J connectivity index is 1.47. The highest BCUT2D eigenvalue weighted by molar-refractivity contribution is 5.95. The Labute approximate surface area is 144 Å². The minimum atomic E-state index is 0.0890. The van der Waals surface area contributed by atoms with E-state index in [1.165, 1.54) is 25.7 Å². The van der Waals surface area contributed by atoms with E-state index in [0.29, 0.717) is 32.6 Å². The molecule has 0 bridgehead atoms. The van der Waals surface area contributed by atoms with E-state index in [0.717, 1.165) is 23.5 Å². The molecule has 2 fully saturated rings. The van der Waals surface area contributed by atoms with Gasteiger partial charge in [0.15, 0.2) is 0 Å². The lowest BCUT2D eigenvalue weighted by atomic mass is 10.0. The topological polar surface area (TPSA) is 40.6 Å². The van der Waals surface area contributed by atoms with Crippen LogP contribution < -0.4 is 0 Å². The zero-order chi connectivity index (χ0) is 16.9. The molecule has 3 rings (SSSR count). The van der Waals surface area contributed by atoms with Crippen molar-refractivity contribution in [2.45, 2.75) is 45.4 Å². The highest BCUT2D eigenvalue weighted by atomic mass is 16.2. The minimum absolute atomic E-state index is 0.0890. The third-order valence-corrected chi connectivity index (χ3v) is 5.54. The Morgan fingerprint density at radius 2 is 1.62 bits per heavy atom. The average Bonchev–Trinajstić information content (AvgIpc) is 3.13. The number of benzene rings is 1. The lowest BCUT2D eigenvalue weighted by Crippen LogP contribution is -2.50. The number of nitrogens with zero attached hydrogens (tertiary/aromatic N) is 2. The monoisotopic (exact) mass is 328 g/mol. The first-order valence-electron chi connectivity index (χ1n) is 9.28. The van der Waals surface area contributed by atoms with Gasteiger partial charge in [-0.25, -0.2) is 0 Å². The van der Waals surface area contributed by atoms with Crippen LogP contribution >= 0.6 is 0 Å². The van der Waals surface area contributed by atoms with Crippen LogP contribution in [0.3, 0.4) is 0 Å². The van der Waals surface area contributed by atoms with Crippen molar-refractivity contribution in [3.05, 3.63) is 35.4 Å². The molecule has 2 aliphatic rings. The first-order chi connectivity index (χ1) is 11.6. The van der Waals surface area contributed by atoms with Crippen LogP contribution in [-0.4, -0.2) is 47.8 Å². The van der Waals surface area contributed by atoms with Crippen LogP contribution in [0, 0.1) is 12.8 Å². The number of aryl methyl sites for hydroxylation is 1. The van der Waals surface area contributed by atoms with Gasteiger partial charge in [0.25, 0.3) is 5.91 Å². The van der Waals surface area contributed by atoms with E-state index in [1.54, 1.807) is 0 Å². The summed E-state index contributed by atoms with van der Waals surface area (Å²) < 4.78 is 0. The molecule has 130 valence electrons. The van der Waals surface area contributed by atoms with Gasteiger partial charge in [-0.2, -0.15) is 0 Å². The molecule has 1 aromatic rings. The Bertz CT molecular complexity index is 585. The van der Waals surface area contributed by atoms with Crippen molar-refractivity contribution in [1.29, 1.82) is 0 Å². The van der Waals surface area contributed by atoms with Crippen molar-refractivity contribution in [2.75, 3.05) is 26.2 Å². The highest BCUT2D eigenvalue weighted by Gasteiger charge is 2.26. The van der Waals surface area contributed by atoms with E-state index in [4.69, 9.17) is 0 Å². The summed E-state index contributed by atoms with van der Waals surface area (Å²) in [6.07, 6.45) is 6.98. The molecular weight excluding hydrogens is 300 g/mol. The smallest absolute Gasteiger partial charge is 0.254 e. The molecule has 1 heterocycles. The van der Waals surface area contributed by atoms with Gasteiger partial charge in [-0.1, -0.05) is 43.9 Å². The summed E-state index contributed by atoms with van der Waals surface area (Å²) in [4.78, 5) is 28.8. The van der Waals surface area contributed by atoms with Crippen LogP contribution in [0.15, 0.2) is 24.3 Å². The summed E-state index contributed by atoms with van der Waals surface area (Å²) in [5.74, 6) is 1.12. The van der Waals surface area contributed by atoms with Crippen molar-refractivity contribution < 1.29 is 9.59 Å². The zero-order valence-corrected chi connectivity index (χ0v) is 14.7. The van der Waals surface area contributed by atoms with E-state index in [-0.39, 0.29) is 11.8 Å². The molecule has 0 N–H and O–H groups in total. The molecule has 2 amide bonds.